The summed E-state index contributed by atoms with van der Waals surface area (Å²) < 4.78 is 5.32. The van der Waals surface area contributed by atoms with Gasteiger partial charge in [-0.2, -0.15) is 0 Å². The van der Waals surface area contributed by atoms with Gasteiger partial charge in [-0.05, 0) is 57.5 Å². The highest BCUT2D eigenvalue weighted by molar-refractivity contribution is 5.89. The van der Waals surface area contributed by atoms with Gasteiger partial charge in [0, 0.05) is 12.6 Å². The van der Waals surface area contributed by atoms with E-state index in [1.807, 2.05) is 0 Å². The van der Waals surface area contributed by atoms with Gasteiger partial charge in [0.05, 0.1) is 18.4 Å². The molecule has 2 unspecified atom stereocenters. The van der Waals surface area contributed by atoms with E-state index >= 15 is 0 Å². The third kappa shape index (κ3) is 3.88. The molecule has 1 aromatic carbocycles. The van der Waals surface area contributed by atoms with Gasteiger partial charge in [0.2, 0.25) is 0 Å². The number of carboxylic acids is 1. The minimum absolute atomic E-state index is 0.269. The predicted octanol–water partition coefficient (Wildman–Crippen LogP) is 2.54. The van der Waals surface area contributed by atoms with Gasteiger partial charge in [-0.1, -0.05) is 0 Å². The van der Waals surface area contributed by atoms with E-state index in [4.69, 9.17) is 9.84 Å². The molecule has 1 heterocycles. The van der Waals surface area contributed by atoms with Crippen LogP contribution in [0.3, 0.4) is 0 Å². The van der Waals surface area contributed by atoms with Crippen molar-refractivity contribution in [1.29, 1.82) is 0 Å². The van der Waals surface area contributed by atoms with E-state index in [1.165, 1.54) is 12.8 Å². The lowest BCUT2D eigenvalue weighted by Gasteiger charge is -2.34. The maximum absolute atomic E-state index is 11.1. The minimum atomic E-state index is -0.925. The Morgan fingerprint density at radius 1 is 1.52 bits per heavy atom. The Morgan fingerprint density at radius 3 is 2.90 bits per heavy atom. The number of nitrogens with one attached hydrogen (secondary N) is 1. The maximum atomic E-state index is 11.1. The molecule has 1 fully saturated rings. The van der Waals surface area contributed by atoms with Crippen LogP contribution in [0.1, 0.15) is 30.1 Å². The fourth-order valence-electron chi connectivity index (χ4n) is 2.93. The van der Waals surface area contributed by atoms with Crippen LogP contribution in [-0.4, -0.2) is 49.3 Å². The van der Waals surface area contributed by atoms with Gasteiger partial charge in [0.15, 0.2) is 0 Å². The monoisotopic (exact) mass is 292 g/mol. The number of methoxy groups -OCH3 is 1. The third-order valence-electron chi connectivity index (χ3n) is 4.20. The smallest absolute Gasteiger partial charge is 0.335 e. The summed E-state index contributed by atoms with van der Waals surface area (Å²) in [6.45, 7) is 4.37. The number of hydrogen-bond donors (Lipinski definition) is 2. The molecular weight excluding hydrogens is 268 g/mol. The van der Waals surface area contributed by atoms with Gasteiger partial charge < -0.3 is 20.1 Å². The highest BCUT2D eigenvalue weighted by Gasteiger charge is 2.23. The first kappa shape index (κ1) is 15.6. The van der Waals surface area contributed by atoms with Crippen LogP contribution >= 0.6 is 0 Å². The summed E-state index contributed by atoms with van der Waals surface area (Å²) in [4.78, 5) is 13.5. The van der Waals surface area contributed by atoms with Gasteiger partial charge >= 0.3 is 5.97 Å². The van der Waals surface area contributed by atoms with E-state index in [1.54, 1.807) is 25.3 Å². The second-order valence-corrected chi connectivity index (χ2v) is 5.82. The minimum Gasteiger partial charge on any atom is -0.495 e. The van der Waals surface area contributed by atoms with Crippen molar-refractivity contribution in [3.05, 3.63) is 23.8 Å². The second-order valence-electron chi connectivity index (χ2n) is 5.82. The van der Waals surface area contributed by atoms with Crippen LogP contribution < -0.4 is 10.1 Å². The number of piperidine rings is 1. The van der Waals surface area contributed by atoms with Crippen molar-refractivity contribution in [2.24, 2.45) is 5.92 Å². The van der Waals surface area contributed by atoms with Crippen LogP contribution in [0.25, 0.3) is 0 Å². The van der Waals surface area contributed by atoms with Crippen molar-refractivity contribution < 1.29 is 14.6 Å². The Kier molecular flexibility index (Phi) is 5.07. The van der Waals surface area contributed by atoms with Crippen molar-refractivity contribution in [3.8, 4) is 5.75 Å². The standard InChI is InChI=1S/C16H24N2O3/c1-11(13-5-4-8-18(2)10-13)17-14-9-12(16(19)20)6-7-15(14)21-3/h6-7,9,11,13,17H,4-5,8,10H2,1-3H3,(H,19,20). The van der Waals surface area contributed by atoms with Gasteiger partial charge in [-0.25, -0.2) is 4.79 Å². The molecule has 0 aromatic heterocycles. The Bertz CT molecular complexity index is 504. The van der Waals surface area contributed by atoms with Gasteiger partial charge in [-0.3, -0.25) is 0 Å². The molecule has 5 nitrogen and oxygen atoms in total. The fraction of sp³-hybridized carbons (Fsp3) is 0.562. The van der Waals surface area contributed by atoms with Crippen molar-refractivity contribution in [1.82, 2.24) is 4.90 Å². The summed E-state index contributed by atoms with van der Waals surface area (Å²) in [6, 6.07) is 5.17. The number of hydrogen-bond acceptors (Lipinski definition) is 4. The highest BCUT2D eigenvalue weighted by Crippen LogP contribution is 2.29. The van der Waals surface area contributed by atoms with Crippen molar-refractivity contribution in [2.45, 2.75) is 25.8 Å². The molecule has 1 aliphatic heterocycles. The summed E-state index contributed by atoms with van der Waals surface area (Å²) in [6.07, 6.45) is 2.40. The molecule has 0 amide bonds. The van der Waals surface area contributed by atoms with Crippen molar-refractivity contribution in [3.63, 3.8) is 0 Å². The topological polar surface area (TPSA) is 61.8 Å². The van der Waals surface area contributed by atoms with Crippen molar-refractivity contribution in [2.75, 3.05) is 32.6 Å². The normalized spacial score (nSPS) is 20.8. The average Bonchev–Trinajstić information content (AvgIpc) is 2.47. The van der Waals surface area contributed by atoms with E-state index in [-0.39, 0.29) is 11.6 Å². The van der Waals surface area contributed by atoms with E-state index < -0.39 is 5.97 Å². The summed E-state index contributed by atoms with van der Waals surface area (Å²) in [5.74, 6) is 0.309. The Balaban J connectivity index is 2.13. The SMILES string of the molecule is COc1ccc(C(=O)O)cc1NC(C)C1CCCN(C)C1. The van der Waals surface area contributed by atoms with Crippen LogP contribution in [0.15, 0.2) is 18.2 Å². The number of likely N-dealkylation sites (tertiary alicyclic amines) is 1. The fourth-order valence-corrected chi connectivity index (χ4v) is 2.93. The lowest BCUT2D eigenvalue weighted by atomic mass is 9.91. The van der Waals surface area contributed by atoms with Gasteiger partial charge in [-0.15, -0.1) is 0 Å². The number of benzene rings is 1. The summed E-state index contributed by atoms with van der Waals surface area (Å²) >= 11 is 0. The summed E-state index contributed by atoms with van der Waals surface area (Å²) in [5, 5.41) is 12.5. The molecule has 0 saturated carbocycles. The summed E-state index contributed by atoms with van der Waals surface area (Å²) in [5.41, 5.74) is 1.02. The van der Waals surface area contributed by atoms with Crippen LogP contribution in [0, 0.1) is 5.92 Å². The second kappa shape index (κ2) is 6.80. The molecule has 21 heavy (non-hydrogen) atoms. The molecule has 0 spiro atoms. The molecule has 1 aliphatic rings. The van der Waals surface area contributed by atoms with Crippen molar-refractivity contribution >= 4 is 11.7 Å². The molecule has 116 valence electrons. The lowest BCUT2D eigenvalue weighted by molar-refractivity contribution is 0.0697. The van der Waals surface area contributed by atoms with Crippen LogP contribution in [0.2, 0.25) is 0 Å². The average molecular weight is 292 g/mol. The van der Waals surface area contributed by atoms with E-state index in [9.17, 15) is 4.79 Å². The Labute approximate surface area is 125 Å². The van der Waals surface area contributed by atoms with E-state index in [0.717, 1.165) is 18.8 Å². The number of rotatable bonds is 5. The zero-order valence-electron chi connectivity index (χ0n) is 12.9. The number of carbonyl (C=O) groups is 1. The van der Waals surface area contributed by atoms with Crippen LogP contribution in [-0.2, 0) is 0 Å². The molecule has 2 atom stereocenters. The molecule has 0 bridgehead atoms. The zero-order valence-corrected chi connectivity index (χ0v) is 12.9. The maximum Gasteiger partial charge on any atom is 0.335 e. The number of nitrogens with zero attached hydrogens (tertiary/aromatic N) is 1. The third-order valence-corrected chi connectivity index (χ3v) is 4.20. The number of aromatic carboxylic acids is 1. The Morgan fingerprint density at radius 2 is 2.29 bits per heavy atom. The number of ether oxygens (including phenoxy) is 1. The van der Waals surface area contributed by atoms with Gasteiger partial charge in [0.25, 0.3) is 0 Å². The first-order chi connectivity index (χ1) is 10.0. The molecule has 5 heteroatoms. The number of carboxylic acid groups (broad SMARTS) is 1. The van der Waals surface area contributed by atoms with Crippen LogP contribution in [0.5, 0.6) is 5.75 Å². The molecule has 2 N–H and O–H groups in total. The molecule has 1 aromatic rings. The number of anilines is 1. The summed E-state index contributed by atoms with van der Waals surface area (Å²) in [7, 11) is 3.74. The largest absolute Gasteiger partial charge is 0.495 e. The molecule has 0 aliphatic carbocycles. The predicted molar refractivity (Wildman–Crippen MR) is 83.3 cm³/mol. The lowest BCUT2D eigenvalue weighted by Crippen LogP contribution is -2.39. The molecular formula is C16H24N2O3. The van der Waals surface area contributed by atoms with E-state index in [0.29, 0.717) is 11.7 Å². The zero-order chi connectivity index (χ0) is 15.4. The van der Waals surface area contributed by atoms with Crippen LogP contribution in [0.4, 0.5) is 5.69 Å². The van der Waals surface area contributed by atoms with E-state index in [2.05, 4.69) is 24.2 Å². The molecule has 1 saturated heterocycles. The molecule has 0 radical (unpaired) electrons. The highest BCUT2D eigenvalue weighted by atomic mass is 16.5. The van der Waals surface area contributed by atoms with Gasteiger partial charge in [0.1, 0.15) is 5.75 Å². The first-order valence-corrected chi connectivity index (χ1v) is 7.37. The molecule has 2 rings (SSSR count). The Hall–Kier alpha value is -1.75. The quantitative estimate of drug-likeness (QED) is 0.873. The first-order valence-electron chi connectivity index (χ1n) is 7.37.